The molecular formula is CH4O2P2S. The van der Waals surface area contributed by atoms with Crippen molar-refractivity contribution in [2.24, 2.45) is 0 Å². The summed E-state index contributed by atoms with van der Waals surface area (Å²) in [5.41, 5.74) is 0. The first-order valence-corrected chi connectivity index (χ1v) is 5.93. The van der Waals surface area contributed by atoms with Crippen LogP contribution in [0.1, 0.15) is 0 Å². The smallest absolute Gasteiger partial charge is 0.150 e. The van der Waals surface area contributed by atoms with Gasteiger partial charge in [0.05, 0.1) is 0 Å². The third-order valence-corrected chi connectivity index (χ3v) is 4.24. The molecule has 2 atom stereocenters. The monoisotopic (exact) mass is 142 g/mol. The molecule has 0 heterocycles. The van der Waals surface area contributed by atoms with Gasteiger partial charge in [0.2, 0.25) is 0 Å². The maximum Gasteiger partial charge on any atom is 0.150 e. The molecule has 2 unspecified atom stereocenters. The van der Waals surface area contributed by atoms with Crippen LogP contribution in [0.5, 0.6) is 0 Å². The Kier molecular flexibility index (Phi) is 2.96. The van der Waals surface area contributed by atoms with Crippen LogP contribution in [0, 0.1) is 0 Å². The van der Waals surface area contributed by atoms with Gasteiger partial charge in [0.25, 0.3) is 0 Å². The molecule has 0 aliphatic carbocycles. The first-order valence-electron chi connectivity index (χ1n) is 1.21. The van der Waals surface area contributed by atoms with E-state index >= 15 is 0 Å². The van der Waals surface area contributed by atoms with Gasteiger partial charge in [0.1, 0.15) is 13.3 Å². The highest BCUT2D eigenvalue weighted by Crippen LogP contribution is 2.20. The molecule has 0 bridgehead atoms. The van der Waals surface area contributed by atoms with Gasteiger partial charge in [0, 0.05) is 6.66 Å². The Morgan fingerprint density at radius 2 is 2.00 bits per heavy atom. The van der Waals surface area contributed by atoms with Crippen molar-refractivity contribution < 1.29 is 9.46 Å². The van der Waals surface area contributed by atoms with Gasteiger partial charge in [-0.2, -0.15) is 0 Å². The van der Waals surface area contributed by atoms with E-state index in [1.54, 1.807) is 0 Å². The third kappa shape index (κ3) is 2.80. The predicted octanol–water partition coefficient (Wildman–Crippen LogP) is 1.21. The Morgan fingerprint density at radius 3 is 2.00 bits per heavy atom. The van der Waals surface area contributed by atoms with E-state index in [2.05, 4.69) is 11.8 Å². The molecule has 0 saturated heterocycles. The average Bonchev–Trinajstić information content (AvgIpc) is 1.36. The molecule has 2 nitrogen and oxygen atoms in total. The second-order valence-electron chi connectivity index (χ2n) is 0.717. The summed E-state index contributed by atoms with van der Waals surface area (Å²) in [4.78, 5) is 8.23. The van der Waals surface area contributed by atoms with E-state index in [4.69, 9.17) is 4.89 Å². The van der Waals surface area contributed by atoms with Crippen LogP contribution in [-0.4, -0.2) is 11.6 Å². The van der Waals surface area contributed by atoms with Crippen molar-refractivity contribution in [1.82, 2.24) is 0 Å². The molecular weight excluding hydrogens is 138 g/mol. The lowest BCUT2D eigenvalue weighted by atomic mass is 12.0. The minimum Gasteiger partial charge on any atom is -0.333 e. The summed E-state index contributed by atoms with van der Waals surface area (Å²) in [6, 6.07) is 0. The van der Waals surface area contributed by atoms with E-state index in [0.29, 0.717) is 0 Å². The molecule has 0 aromatic heterocycles. The van der Waals surface area contributed by atoms with Crippen molar-refractivity contribution in [3.63, 3.8) is 0 Å². The molecule has 0 saturated carbocycles. The van der Waals surface area contributed by atoms with Crippen LogP contribution in [0.15, 0.2) is 0 Å². The van der Waals surface area contributed by atoms with Gasteiger partial charge in [-0.05, 0) is 11.8 Å². The van der Waals surface area contributed by atoms with Crippen molar-refractivity contribution in [3.05, 3.63) is 0 Å². The van der Waals surface area contributed by atoms with Crippen LogP contribution >= 0.6 is 13.3 Å². The summed E-state index contributed by atoms with van der Waals surface area (Å²) in [6.45, 7) is 1.42. The lowest BCUT2D eigenvalue weighted by Crippen LogP contribution is -1.26. The van der Waals surface area contributed by atoms with Crippen LogP contribution in [0.2, 0.25) is 0 Å². The highest BCUT2D eigenvalue weighted by Gasteiger charge is 1.68. The lowest BCUT2D eigenvalue weighted by Gasteiger charge is -1.61. The topological polar surface area (TPSA) is 37.3 Å². The zero-order valence-corrected chi connectivity index (χ0v) is 5.76. The number of rotatable bonds is 0. The number of hydrogen-bond acceptors (Lipinski definition) is 2. The fourth-order valence-electron chi connectivity index (χ4n) is 0. The Hall–Kier alpha value is 0.580. The molecule has 0 rings (SSSR count). The molecule has 5 heteroatoms. The Bertz CT molecular complexity index is 131. The van der Waals surface area contributed by atoms with Gasteiger partial charge in [-0.15, -0.1) is 0 Å². The van der Waals surface area contributed by atoms with E-state index < -0.39 is 13.3 Å². The molecule has 0 aliphatic rings. The summed E-state index contributed by atoms with van der Waals surface area (Å²) < 4.78 is 9.97. The van der Waals surface area contributed by atoms with Gasteiger partial charge in [0.15, 0.2) is 0 Å². The summed E-state index contributed by atoms with van der Waals surface area (Å²) >= 11 is 4.24. The molecule has 0 radical (unpaired) electrons. The van der Waals surface area contributed by atoms with Crippen LogP contribution in [0.3, 0.4) is 0 Å². The molecule has 0 aromatic carbocycles. The summed E-state index contributed by atoms with van der Waals surface area (Å²) in [5.74, 6) is 0. The maximum absolute atomic E-state index is 9.97. The highest BCUT2D eigenvalue weighted by atomic mass is 32.5. The van der Waals surface area contributed by atoms with Crippen LogP contribution in [0.4, 0.5) is 0 Å². The van der Waals surface area contributed by atoms with Crippen LogP contribution < -0.4 is 0 Å². The van der Waals surface area contributed by atoms with Crippen molar-refractivity contribution in [3.8, 4) is 0 Å². The van der Waals surface area contributed by atoms with Gasteiger partial charge < -0.3 is 4.89 Å². The molecule has 0 spiro atoms. The van der Waals surface area contributed by atoms with E-state index in [-0.39, 0.29) is 0 Å². The minimum atomic E-state index is -1.57. The second kappa shape index (κ2) is 2.70. The SMILES string of the molecule is CP(=O)=P(O)=S. The summed E-state index contributed by atoms with van der Waals surface area (Å²) in [5, 5.41) is 0. The van der Waals surface area contributed by atoms with Crippen molar-refractivity contribution in [2.75, 3.05) is 6.66 Å². The Balaban J connectivity index is 4.58. The zero-order valence-electron chi connectivity index (χ0n) is 3.16. The fourth-order valence-corrected chi connectivity index (χ4v) is 0. The van der Waals surface area contributed by atoms with E-state index in [1.165, 1.54) is 6.66 Å². The van der Waals surface area contributed by atoms with Crippen molar-refractivity contribution in [1.29, 1.82) is 0 Å². The average molecular weight is 142 g/mol. The van der Waals surface area contributed by atoms with Crippen LogP contribution in [-0.2, 0) is 16.4 Å². The Labute approximate surface area is 42.0 Å². The lowest BCUT2D eigenvalue weighted by molar-refractivity contribution is 0.597. The quantitative estimate of drug-likeness (QED) is 0.516. The second-order valence-corrected chi connectivity index (χ2v) is 6.83. The number of hydrogen-bond donors (Lipinski definition) is 1. The standard InChI is InChI=1S/CH4O2P2S/c1-4(2)5(3)6/h1H3,(H,3,6). The molecule has 1 N–H and O–H groups in total. The van der Waals surface area contributed by atoms with Gasteiger partial charge in [-0.3, -0.25) is 4.57 Å². The summed E-state index contributed by atoms with van der Waals surface area (Å²) in [6.07, 6.45) is -1.57. The van der Waals surface area contributed by atoms with Crippen molar-refractivity contribution >= 4 is 25.1 Å². The zero-order chi connectivity index (χ0) is 5.15. The summed E-state index contributed by atoms with van der Waals surface area (Å²) in [7, 11) is -1.47. The van der Waals surface area contributed by atoms with Gasteiger partial charge >= 0.3 is 0 Å². The largest absolute Gasteiger partial charge is 0.333 e. The maximum atomic E-state index is 9.97. The van der Waals surface area contributed by atoms with Crippen LogP contribution in [0.25, 0.3) is 0 Å². The third-order valence-electron chi connectivity index (χ3n) is 0.241. The first-order chi connectivity index (χ1) is 2.64. The highest BCUT2D eigenvalue weighted by molar-refractivity contribution is 8.17. The molecule has 0 fully saturated rings. The normalized spacial score (nSPS) is 13.7. The first kappa shape index (κ1) is 6.58. The molecule has 36 valence electrons. The van der Waals surface area contributed by atoms with Gasteiger partial charge in [-0.1, -0.05) is 0 Å². The van der Waals surface area contributed by atoms with E-state index in [9.17, 15) is 4.57 Å². The van der Waals surface area contributed by atoms with E-state index in [1.807, 2.05) is 0 Å². The Morgan fingerprint density at radius 1 is 1.83 bits per heavy atom. The molecule has 6 heavy (non-hydrogen) atoms. The molecule has 0 aromatic rings. The van der Waals surface area contributed by atoms with Gasteiger partial charge in [-0.25, -0.2) is 0 Å². The van der Waals surface area contributed by atoms with E-state index in [0.717, 1.165) is 0 Å². The fraction of sp³-hybridized carbons (Fsp3) is 1.00. The van der Waals surface area contributed by atoms with Crippen molar-refractivity contribution in [2.45, 2.75) is 0 Å². The molecule has 0 aliphatic heterocycles. The molecule has 0 amide bonds. The predicted molar refractivity (Wildman–Crippen MR) is 30.0 cm³/mol. The minimum absolute atomic E-state index is 1.42.